The first kappa shape index (κ1) is 24.3. The van der Waals surface area contributed by atoms with Crippen LogP contribution in [0, 0.1) is 7.14 Å². The van der Waals surface area contributed by atoms with Gasteiger partial charge in [0.2, 0.25) is 0 Å². The molecular formula is C27H17BrI2N2O3. The largest absolute Gasteiger partial charge is 0.487 e. The average Bonchev–Trinajstić information content (AvgIpc) is 3.27. The molecule has 0 atom stereocenters. The second-order valence-corrected chi connectivity index (χ2v) is 11.0. The summed E-state index contributed by atoms with van der Waals surface area (Å²) >= 11 is 7.94. The number of carbonyl (C=O) groups excluding carboxylic acids is 1. The Kier molecular flexibility index (Phi) is 7.40. The van der Waals surface area contributed by atoms with Gasteiger partial charge in [0, 0.05) is 9.86 Å². The molecule has 1 N–H and O–H groups in total. The zero-order chi connectivity index (χ0) is 24.4. The molecule has 5 aromatic rings. The zero-order valence-corrected chi connectivity index (χ0v) is 24.0. The lowest BCUT2D eigenvalue weighted by Gasteiger charge is -2.13. The summed E-state index contributed by atoms with van der Waals surface area (Å²) in [7, 11) is 0. The highest BCUT2D eigenvalue weighted by Gasteiger charge is 2.13. The third-order valence-electron chi connectivity index (χ3n) is 5.35. The Balaban J connectivity index is 1.26. The van der Waals surface area contributed by atoms with Gasteiger partial charge >= 0.3 is 5.91 Å². The minimum Gasteiger partial charge on any atom is -0.487 e. The molecule has 0 saturated heterocycles. The Morgan fingerprint density at radius 1 is 0.971 bits per heavy atom. The van der Waals surface area contributed by atoms with Crippen molar-refractivity contribution in [3.63, 3.8) is 0 Å². The maximum Gasteiger partial charge on any atom is 0.307 e. The summed E-state index contributed by atoms with van der Waals surface area (Å²) in [5.74, 6) is 0.623. The predicted octanol–water partition coefficient (Wildman–Crippen LogP) is 7.90. The summed E-state index contributed by atoms with van der Waals surface area (Å²) in [4.78, 5) is 12.4. The fraction of sp³-hybridized carbons (Fsp3) is 0.0370. The molecule has 0 bridgehead atoms. The van der Waals surface area contributed by atoms with E-state index in [1.54, 1.807) is 12.3 Å². The van der Waals surface area contributed by atoms with E-state index in [1.807, 2.05) is 42.5 Å². The molecule has 1 heterocycles. The molecule has 1 aromatic heterocycles. The Bertz CT molecular complexity index is 1570. The monoisotopic (exact) mass is 750 g/mol. The fourth-order valence-corrected chi connectivity index (χ4v) is 6.21. The number of fused-ring (bicyclic) bond motifs is 2. The minimum absolute atomic E-state index is 0.205. The van der Waals surface area contributed by atoms with Crippen LogP contribution in [-0.2, 0) is 6.61 Å². The third-order valence-corrected chi connectivity index (χ3v) is 7.45. The topological polar surface area (TPSA) is 63.8 Å². The Morgan fingerprint density at radius 3 is 2.57 bits per heavy atom. The summed E-state index contributed by atoms with van der Waals surface area (Å²) in [6.45, 7) is 0.477. The number of halogens is 3. The molecule has 0 saturated carbocycles. The molecule has 1 amide bonds. The molecule has 0 aliphatic carbocycles. The number of nitrogens with zero attached hydrogens (tertiary/aromatic N) is 1. The molecule has 0 aliphatic heterocycles. The standard InChI is InChI=1S/C27H17BrI2N2O3/c28-20-8-9-24-19(12-20)13-25(35-24)27(33)32-31-14-16-10-22(29)26(23(30)11-16)34-15-18-6-3-5-17-4-1-2-7-21(17)18/h1-14H,15H2,(H,32,33)/b31-14+. The summed E-state index contributed by atoms with van der Waals surface area (Å²) < 4.78 is 14.7. The average molecular weight is 751 g/mol. The number of hydrazone groups is 1. The van der Waals surface area contributed by atoms with Crippen LogP contribution in [0.25, 0.3) is 21.7 Å². The van der Waals surface area contributed by atoms with Gasteiger partial charge in [-0.3, -0.25) is 4.79 Å². The van der Waals surface area contributed by atoms with E-state index in [0.717, 1.165) is 33.9 Å². The number of hydrogen-bond acceptors (Lipinski definition) is 4. The normalized spacial score (nSPS) is 11.4. The lowest BCUT2D eigenvalue weighted by Crippen LogP contribution is -2.16. The number of benzene rings is 4. The molecule has 5 nitrogen and oxygen atoms in total. The van der Waals surface area contributed by atoms with Crippen LogP contribution in [0.3, 0.4) is 0 Å². The van der Waals surface area contributed by atoms with Gasteiger partial charge in [0.05, 0.1) is 13.4 Å². The SMILES string of the molecule is O=C(N/N=C/c1cc(I)c(OCc2cccc3ccccc23)c(I)c1)c1cc2cc(Br)ccc2o1. The van der Waals surface area contributed by atoms with Crippen LogP contribution in [0.5, 0.6) is 5.75 Å². The Labute approximate surface area is 237 Å². The summed E-state index contributed by atoms with van der Waals surface area (Å²) in [5, 5.41) is 7.34. The van der Waals surface area contributed by atoms with Crippen molar-refractivity contribution in [1.29, 1.82) is 0 Å². The van der Waals surface area contributed by atoms with E-state index in [9.17, 15) is 4.79 Å². The van der Waals surface area contributed by atoms with Crippen LogP contribution in [0.4, 0.5) is 0 Å². The van der Waals surface area contributed by atoms with Gasteiger partial charge in [0.15, 0.2) is 5.76 Å². The lowest BCUT2D eigenvalue weighted by molar-refractivity contribution is 0.0929. The minimum atomic E-state index is -0.409. The van der Waals surface area contributed by atoms with Crippen molar-refractivity contribution in [2.75, 3.05) is 0 Å². The molecule has 35 heavy (non-hydrogen) atoms. The first-order valence-electron chi connectivity index (χ1n) is 10.6. The maximum atomic E-state index is 12.4. The van der Waals surface area contributed by atoms with Crippen LogP contribution >= 0.6 is 61.1 Å². The molecule has 0 unspecified atom stereocenters. The van der Waals surface area contributed by atoms with E-state index in [1.165, 1.54) is 10.8 Å². The van der Waals surface area contributed by atoms with E-state index in [0.29, 0.717) is 12.2 Å². The number of ether oxygens (including phenoxy) is 1. The molecule has 4 aromatic carbocycles. The van der Waals surface area contributed by atoms with Gasteiger partial charge in [-0.15, -0.1) is 0 Å². The Hall–Kier alpha value is -2.44. The van der Waals surface area contributed by atoms with Crippen LogP contribution in [0.1, 0.15) is 21.7 Å². The first-order chi connectivity index (χ1) is 17.0. The van der Waals surface area contributed by atoms with Gasteiger partial charge in [-0.05, 0) is 103 Å². The summed E-state index contributed by atoms with van der Waals surface area (Å²) in [6.07, 6.45) is 1.61. The molecule has 0 fully saturated rings. The molecule has 0 spiro atoms. The molecule has 5 rings (SSSR count). The molecule has 0 aliphatic rings. The molecule has 0 radical (unpaired) electrons. The molecule has 174 valence electrons. The van der Waals surface area contributed by atoms with E-state index >= 15 is 0 Å². The van der Waals surface area contributed by atoms with Crippen molar-refractivity contribution in [2.45, 2.75) is 6.61 Å². The number of rotatable bonds is 6. The van der Waals surface area contributed by atoms with Crippen molar-refractivity contribution in [1.82, 2.24) is 5.43 Å². The highest BCUT2D eigenvalue weighted by molar-refractivity contribution is 14.1. The van der Waals surface area contributed by atoms with Crippen molar-refractivity contribution in [2.24, 2.45) is 5.10 Å². The number of carbonyl (C=O) groups is 1. The number of nitrogens with one attached hydrogen (secondary N) is 1. The van der Waals surface area contributed by atoms with Gasteiger partial charge in [0.1, 0.15) is 17.9 Å². The van der Waals surface area contributed by atoms with Gasteiger partial charge in [-0.25, -0.2) is 5.43 Å². The number of amides is 1. The van der Waals surface area contributed by atoms with E-state index in [4.69, 9.17) is 9.15 Å². The number of hydrogen-bond donors (Lipinski definition) is 1. The summed E-state index contributed by atoms with van der Waals surface area (Å²) in [6, 6.07) is 25.7. The van der Waals surface area contributed by atoms with Gasteiger partial charge in [0.25, 0.3) is 0 Å². The number of furan rings is 1. The highest BCUT2D eigenvalue weighted by atomic mass is 127. The van der Waals surface area contributed by atoms with E-state index in [2.05, 4.69) is 102 Å². The lowest BCUT2D eigenvalue weighted by atomic mass is 10.1. The smallest absolute Gasteiger partial charge is 0.307 e. The molecular weight excluding hydrogens is 734 g/mol. The van der Waals surface area contributed by atoms with Crippen LogP contribution in [0.15, 0.2) is 92.9 Å². The maximum absolute atomic E-state index is 12.4. The van der Waals surface area contributed by atoms with Gasteiger partial charge in [-0.1, -0.05) is 58.4 Å². The van der Waals surface area contributed by atoms with E-state index in [-0.39, 0.29) is 5.76 Å². The van der Waals surface area contributed by atoms with Crippen molar-refractivity contribution >= 4 is 95.0 Å². The second kappa shape index (κ2) is 10.7. The van der Waals surface area contributed by atoms with Crippen LogP contribution in [-0.4, -0.2) is 12.1 Å². The van der Waals surface area contributed by atoms with Crippen molar-refractivity contribution < 1.29 is 13.9 Å². The van der Waals surface area contributed by atoms with Gasteiger partial charge < -0.3 is 9.15 Å². The molecule has 8 heteroatoms. The summed E-state index contributed by atoms with van der Waals surface area (Å²) in [5.41, 5.74) is 5.16. The predicted molar refractivity (Wildman–Crippen MR) is 159 cm³/mol. The fourth-order valence-electron chi connectivity index (χ4n) is 3.71. The van der Waals surface area contributed by atoms with Crippen LogP contribution in [0.2, 0.25) is 0 Å². The second-order valence-electron chi connectivity index (χ2n) is 7.73. The quantitative estimate of drug-likeness (QED) is 0.109. The van der Waals surface area contributed by atoms with Crippen LogP contribution < -0.4 is 10.2 Å². The van der Waals surface area contributed by atoms with Gasteiger partial charge in [-0.2, -0.15) is 5.10 Å². The first-order valence-corrected chi connectivity index (χ1v) is 13.5. The Morgan fingerprint density at radius 2 is 1.74 bits per heavy atom. The third kappa shape index (κ3) is 5.54. The zero-order valence-electron chi connectivity index (χ0n) is 18.1. The van der Waals surface area contributed by atoms with Crippen molar-refractivity contribution in [3.05, 3.63) is 107 Å². The van der Waals surface area contributed by atoms with Crippen molar-refractivity contribution in [3.8, 4) is 5.75 Å². The highest BCUT2D eigenvalue weighted by Crippen LogP contribution is 2.30. The van der Waals surface area contributed by atoms with E-state index < -0.39 is 5.91 Å².